The van der Waals surface area contributed by atoms with E-state index in [4.69, 9.17) is 23.8 Å². The number of hydrogen-bond acceptors (Lipinski definition) is 3. The summed E-state index contributed by atoms with van der Waals surface area (Å²) >= 11 is 11.8. The van der Waals surface area contributed by atoms with E-state index in [2.05, 4.69) is 15.6 Å². The molecule has 2 N–H and O–H groups in total. The van der Waals surface area contributed by atoms with E-state index < -0.39 is 5.82 Å². The van der Waals surface area contributed by atoms with Gasteiger partial charge in [0.05, 0.1) is 22.8 Å². The Morgan fingerprint density at radius 3 is 2.76 bits per heavy atom. The second-order valence-corrected chi connectivity index (χ2v) is 9.68. The average molecular weight is 534 g/mol. The van der Waals surface area contributed by atoms with Crippen LogP contribution in [0.2, 0.25) is 5.02 Å². The van der Waals surface area contributed by atoms with Crippen molar-refractivity contribution in [1.29, 1.82) is 0 Å². The number of anilines is 1. The van der Waals surface area contributed by atoms with E-state index in [0.717, 1.165) is 28.3 Å². The number of thiocarbonyl (C=S) groups is 1. The Hall–Kier alpha value is -3.75. The summed E-state index contributed by atoms with van der Waals surface area (Å²) in [5, 5.41) is 6.95. The second-order valence-electron chi connectivity index (χ2n) is 8.89. The summed E-state index contributed by atoms with van der Waals surface area (Å²) in [5.41, 5.74) is 4.29. The molecule has 0 bridgehead atoms. The van der Waals surface area contributed by atoms with Crippen LogP contribution in [-0.2, 0) is 4.79 Å². The maximum absolute atomic E-state index is 13.9. The molecule has 188 valence electrons. The Kier molecular flexibility index (Phi) is 7.21. The number of nitrogens with one attached hydrogen (secondary N) is 2. The lowest BCUT2D eigenvalue weighted by atomic mass is 10.0. The molecule has 0 spiro atoms. The molecule has 2 aromatic heterocycles. The lowest BCUT2D eigenvalue weighted by molar-refractivity contribution is -0.116. The third-order valence-electron chi connectivity index (χ3n) is 6.34. The van der Waals surface area contributed by atoms with E-state index in [1.807, 2.05) is 77.2 Å². The zero-order valence-corrected chi connectivity index (χ0v) is 21.6. The van der Waals surface area contributed by atoms with Gasteiger partial charge in [0.25, 0.3) is 0 Å². The molecule has 37 heavy (non-hydrogen) atoms. The minimum absolute atomic E-state index is 0.0446. The predicted octanol–water partition coefficient (Wildman–Crippen LogP) is 5.97. The van der Waals surface area contributed by atoms with Crippen LogP contribution in [0, 0.1) is 12.7 Å². The molecular formula is C28H25ClFN5OS. The normalized spacial score (nSPS) is 17.1. The number of pyridine rings is 1. The number of aryl methyl sites for hydroxylation is 1. The first-order valence-corrected chi connectivity index (χ1v) is 12.7. The fraction of sp³-hybridized carbons (Fsp3) is 0.179. The van der Waals surface area contributed by atoms with Gasteiger partial charge in [0.1, 0.15) is 5.82 Å². The van der Waals surface area contributed by atoms with Crippen LogP contribution in [0.4, 0.5) is 10.1 Å². The average Bonchev–Trinajstić information content (AvgIpc) is 3.49. The SMILES string of the molecule is Cc1cccc(NC(=O)CCN2C(=S)N[C@H](c3ccccn3)[C@@H]2c2cccn2-c2ccc(F)c(Cl)c2)c1. The highest BCUT2D eigenvalue weighted by Crippen LogP contribution is 2.39. The van der Waals surface area contributed by atoms with Gasteiger partial charge < -0.3 is 20.1 Å². The highest BCUT2D eigenvalue weighted by molar-refractivity contribution is 7.80. The van der Waals surface area contributed by atoms with Crippen molar-refractivity contribution in [2.24, 2.45) is 0 Å². The molecule has 3 heterocycles. The molecule has 4 aromatic rings. The van der Waals surface area contributed by atoms with Gasteiger partial charge in [0.2, 0.25) is 5.91 Å². The highest BCUT2D eigenvalue weighted by Gasteiger charge is 2.41. The number of benzene rings is 2. The smallest absolute Gasteiger partial charge is 0.226 e. The molecule has 1 aliphatic rings. The van der Waals surface area contributed by atoms with Gasteiger partial charge in [0, 0.05) is 42.4 Å². The van der Waals surface area contributed by atoms with E-state index in [0.29, 0.717) is 11.7 Å². The van der Waals surface area contributed by atoms with Crippen LogP contribution < -0.4 is 10.6 Å². The lowest BCUT2D eigenvalue weighted by Crippen LogP contribution is -2.33. The first kappa shape index (κ1) is 24.9. The van der Waals surface area contributed by atoms with Gasteiger partial charge in [-0.2, -0.15) is 0 Å². The van der Waals surface area contributed by atoms with E-state index in [1.165, 1.54) is 6.07 Å². The molecule has 1 amide bonds. The summed E-state index contributed by atoms with van der Waals surface area (Å²) in [6.45, 7) is 2.38. The third-order valence-corrected chi connectivity index (χ3v) is 6.99. The fourth-order valence-electron chi connectivity index (χ4n) is 4.64. The summed E-state index contributed by atoms with van der Waals surface area (Å²) < 4.78 is 15.8. The Morgan fingerprint density at radius 2 is 2.00 bits per heavy atom. The van der Waals surface area contributed by atoms with Crippen molar-refractivity contribution in [2.45, 2.75) is 25.4 Å². The monoisotopic (exact) mass is 533 g/mol. The molecule has 2 atom stereocenters. The van der Waals surface area contributed by atoms with Gasteiger partial charge in [0.15, 0.2) is 5.11 Å². The summed E-state index contributed by atoms with van der Waals surface area (Å²) in [6.07, 6.45) is 3.89. The molecule has 0 saturated carbocycles. The number of amides is 1. The zero-order chi connectivity index (χ0) is 25.9. The summed E-state index contributed by atoms with van der Waals surface area (Å²) in [5.74, 6) is -0.579. The van der Waals surface area contributed by atoms with Gasteiger partial charge >= 0.3 is 0 Å². The van der Waals surface area contributed by atoms with Crippen LogP contribution in [0.15, 0.2) is 85.2 Å². The van der Waals surface area contributed by atoms with Crippen LogP contribution in [-0.4, -0.2) is 32.0 Å². The summed E-state index contributed by atoms with van der Waals surface area (Å²) in [7, 11) is 0. The van der Waals surface area contributed by atoms with Crippen LogP contribution in [0.3, 0.4) is 0 Å². The van der Waals surface area contributed by atoms with Crippen molar-refractivity contribution >= 4 is 40.5 Å². The first-order valence-electron chi connectivity index (χ1n) is 11.9. The molecule has 0 aliphatic carbocycles. The number of halogens is 2. The van der Waals surface area contributed by atoms with Gasteiger partial charge in [-0.25, -0.2) is 4.39 Å². The lowest BCUT2D eigenvalue weighted by Gasteiger charge is -2.29. The quantitative estimate of drug-likeness (QED) is 0.286. The van der Waals surface area contributed by atoms with Crippen molar-refractivity contribution in [3.05, 3.63) is 113 Å². The van der Waals surface area contributed by atoms with E-state index >= 15 is 0 Å². The largest absolute Gasteiger partial charge is 0.352 e. The molecule has 0 radical (unpaired) electrons. The molecule has 1 fully saturated rings. The number of carbonyl (C=O) groups is 1. The fourth-order valence-corrected chi connectivity index (χ4v) is 5.15. The van der Waals surface area contributed by atoms with Crippen LogP contribution in [0.5, 0.6) is 0 Å². The van der Waals surface area contributed by atoms with E-state index in [9.17, 15) is 9.18 Å². The molecule has 5 rings (SSSR count). The van der Waals surface area contributed by atoms with Crippen molar-refractivity contribution < 1.29 is 9.18 Å². The molecule has 6 nitrogen and oxygen atoms in total. The molecule has 1 aliphatic heterocycles. The van der Waals surface area contributed by atoms with Crippen LogP contribution >= 0.6 is 23.8 Å². The zero-order valence-electron chi connectivity index (χ0n) is 20.1. The van der Waals surface area contributed by atoms with Crippen molar-refractivity contribution in [3.63, 3.8) is 0 Å². The summed E-state index contributed by atoms with van der Waals surface area (Å²) in [6, 6.07) is 21.5. The molecule has 1 saturated heterocycles. The van der Waals surface area contributed by atoms with Crippen molar-refractivity contribution in [3.8, 4) is 5.69 Å². The second kappa shape index (κ2) is 10.7. The van der Waals surface area contributed by atoms with Gasteiger partial charge in [-0.05, 0) is 79.3 Å². The number of hydrogen-bond donors (Lipinski definition) is 2. The minimum atomic E-state index is -0.476. The number of rotatable bonds is 7. The highest BCUT2D eigenvalue weighted by atomic mass is 35.5. The third kappa shape index (κ3) is 5.35. The van der Waals surface area contributed by atoms with E-state index in [1.54, 1.807) is 18.3 Å². The Bertz CT molecular complexity index is 1440. The van der Waals surface area contributed by atoms with Crippen LogP contribution in [0.1, 0.15) is 35.5 Å². The first-order chi connectivity index (χ1) is 17.9. The van der Waals surface area contributed by atoms with Crippen LogP contribution in [0.25, 0.3) is 5.69 Å². The predicted molar refractivity (Wildman–Crippen MR) is 147 cm³/mol. The number of carbonyl (C=O) groups excluding carboxylic acids is 1. The van der Waals surface area contributed by atoms with Crippen molar-refractivity contribution in [1.82, 2.24) is 19.8 Å². The maximum atomic E-state index is 13.9. The Balaban J connectivity index is 1.45. The Labute approximate surface area is 225 Å². The number of nitrogens with zero attached hydrogens (tertiary/aromatic N) is 3. The molecule has 2 aromatic carbocycles. The topological polar surface area (TPSA) is 62.2 Å². The molecule has 9 heteroatoms. The van der Waals surface area contributed by atoms with Gasteiger partial charge in [-0.15, -0.1) is 0 Å². The minimum Gasteiger partial charge on any atom is -0.352 e. The Morgan fingerprint density at radius 1 is 1.14 bits per heavy atom. The summed E-state index contributed by atoms with van der Waals surface area (Å²) in [4.78, 5) is 19.4. The van der Waals surface area contributed by atoms with E-state index in [-0.39, 0.29) is 29.4 Å². The number of aromatic nitrogens is 2. The maximum Gasteiger partial charge on any atom is 0.226 e. The standard InChI is InChI=1S/C28H25ClFN5OS/c1-18-6-4-7-19(16-18)32-25(36)12-15-35-27(26(33-28(35)37)23-8-2-3-13-31-23)24-9-5-14-34(24)20-10-11-22(30)21(29)17-20/h2-11,13-14,16-17,26-27H,12,15H2,1H3,(H,32,36)(H,33,37)/t26-,27+/m1/s1. The van der Waals surface area contributed by atoms with Gasteiger partial charge in [-0.1, -0.05) is 29.8 Å². The molecular weight excluding hydrogens is 509 g/mol. The van der Waals surface area contributed by atoms with Gasteiger partial charge in [-0.3, -0.25) is 9.78 Å². The van der Waals surface area contributed by atoms with Crippen molar-refractivity contribution in [2.75, 3.05) is 11.9 Å². The molecule has 0 unspecified atom stereocenters.